The number of nitrogens with zero attached hydrogens (tertiary/aromatic N) is 1. The third-order valence-corrected chi connectivity index (χ3v) is 9.64. The van der Waals surface area contributed by atoms with Crippen LogP contribution in [0.2, 0.25) is 0 Å². The van der Waals surface area contributed by atoms with Crippen LogP contribution in [0.25, 0.3) is 33.2 Å². The topological polar surface area (TPSA) is 73.3 Å². The molecular formula is C31H31NO4S. The van der Waals surface area contributed by atoms with Crippen LogP contribution in [0.5, 0.6) is 0 Å². The molecule has 1 aliphatic rings. The van der Waals surface area contributed by atoms with E-state index in [1.165, 1.54) is 6.26 Å². The minimum Gasteiger partial charge on any atom is -0.466 e. The number of rotatable bonds is 7. The van der Waals surface area contributed by atoms with Crippen LogP contribution in [-0.2, 0) is 24.1 Å². The van der Waals surface area contributed by atoms with E-state index in [1.54, 1.807) is 20.0 Å². The Kier molecular flexibility index (Phi) is 6.40. The average Bonchev–Trinajstić information content (AvgIpc) is 3.69. The number of esters is 1. The van der Waals surface area contributed by atoms with Crippen molar-refractivity contribution in [2.24, 2.45) is 5.92 Å². The first kappa shape index (κ1) is 25.2. The van der Waals surface area contributed by atoms with E-state index >= 15 is 0 Å². The van der Waals surface area contributed by atoms with Gasteiger partial charge in [0.25, 0.3) is 0 Å². The molecule has 0 spiro atoms. The predicted octanol–water partition coefficient (Wildman–Crippen LogP) is 6.52. The SMILES string of the molecule is CCOC(=O)[C@@H]1C[C@H]1c1ccc(-c2cccc(-c3cc(C(C)(C)S(C)(=O)=O)cc4cccnc34)c2)cc1. The molecule has 0 bridgehead atoms. The Bertz CT molecular complexity index is 1590. The number of carbonyl (C=O) groups is 1. The quantitative estimate of drug-likeness (QED) is 0.263. The Morgan fingerprint density at radius 2 is 1.70 bits per heavy atom. The summed E-state index contributed by atoms with van der Waals surface area (Å²) in [6.07, 6.45) is 3.88. The Labute approximate surface area is 218 Å². The standard InChI is InChI=1S/C31H31NO4S/c1-5-36-30(33)28-19-26(28)21-13-11-20(12-14-21)22-8-6-9-23(16-22)27-18-25(31(2,3)37(4,34)35)17-24-10-7-15-32-29(24)27/h6-18,26,28H,5,19H2,1-4H3/t26-,28+/m0/s1. The molecule has 3 aromatic carbocycles. The van der Waals surface area contributed by atoms with Crippen LogP contribution < -0.4 is 0 Å². The molecule has 1 saturated carbocycles. The molecule has 6 heteroatoms. The predicted molar refractivity (Wildman–Crippen MR) is 148 cm³/mol. The van der Waals surface area contributed by atoms with E-state index in [1.807, 2.05) is 43.3 Å². The number of hydrogen-bond acceptors (Lipinski definition) is 5. The highest BCUT2D eigenvalue weighted by Gasteiger charge is 2.45. The summed E-state index contributed by atoms with van der Waals surface area (Å²) in [7, 11) is -3.34. The Morgan fingerprint density at radius 1 is 0.973 bits per heavy atom. The van der Waals surface area contributed by atoms with Gasteiger partial charge in [0.1, 0.15) is 0 Å². The molecule has 0 unspecified atom stereocenters. The largest absolute Gasteiger partial charge is 0.466 e. The van der Waals surface area contributed by atoms with E-state index in [0.29, 0.717) is 6.61 Å². The van der Waals surface area contributed by atoms with Gasteiger partial charge in [0, 0.05) is 23.4 Å². The number of pyridine rings is 1. The van der Waals surface area contributed by atoms with Gasteiger partial charge in [-0.25, -0.2) is 8.42 Å². The van der Waals surface area contributed by atoms with E-state index in [4.69, 9.17) is 4.74 Å². The highest BCUT2D eigenvalue weighted by molar-refractivity contribution is 7.91. The molecule has 2 atom stereocenters. The van der Waals surface area contributed by atoms with E-state index < -0.39 is 14.6 Å². The van der Waals surface area contributed by atoms with Crippen molar-refractivity contribution < 1.29 is 17.9 Å². The van der Waals surface area contributed by atoms with Gasteiger partial charge >= 0.3 is 5.97 Å². The lowest BCUT2D eigenvalue weighted by Crippen LogP contribution is -2.28. The molecule has 1 fully saturated rings. The maximum Gasteiger partial charge on any atom is 0.309 e. The third kappa shape index (κ3) is 4.78. The minimum atomic E-state index is -3.34. The van der Waals surface area contributed by atoms with Crippen molar-refractivity contribution in [3.05, 3.63) is 90.1 Å². The van der Waals surface area contributed by atoms with Crippen LogP contribution in [0, 0.1) is 5.92 Å². The van der Waals surface area contributed by atoms with Crippen LogP contribution in [0.3, 0.4) is 0 Å². The molecule has 1 aliphatic carbocycles. The molecule has 4 aromatic rings. The van der Waals surface area contributed by atoms with Gasteiger partial charge in [-0.05, 0) is 85.2 Å². The fraction of sp³-hybridized carbons (Fsp3) is 0.290. The van der Waals surface area contributed by atoms with Gasteiger partial charge in [0.05, 0.1) is 22.8 Å². The van der Waals surface area contributed by atoms with Crippen molar-refractivity contribution in [2.45, 2.75) is 37.9 Å². The third-order valence-electron chi connectivity index (χ3n) is 7.55. The first-order valence-corrected chi connectivity index (χ1v) is 14.5. The van der Waals surface area contributed by atoms with E-state index in [0.717, 1.165) is 50.7 Å². The molecule has 0 N–H and O–H groups in total. The van der Waals surface area contributed by atoms with Gasteiger partial charge in [0.2, 0.25) is 0 Å². The van der Waals surface area contributed by atoms with Gasteiger partial charge in [-0.2, -0.15) is 0 Å². The van der Waals surface area contributed by atoms with Gasteiger partial charge < -0.3 is 4.74 Å². The summed E-state index contributed by atoms with van der Waals surface area (Å²) in [5.41, 5.74) is 6.73. The number of hydrogen-bond donors (Lipinski definition) is 0. The number of sulfone groups is 1. The first-order valence-electron chi connectivity index (χ1n) is 12.6. The maximum atomic E-state index is 12.6. The summed E-state index contributed by atoms with van der Waals surface area (Å²) in [5, 5.41) is 0.905. The van der Waals surface area contributed by atoms with Crippen molar-refractivity contribution >= 4 is 26.7 Å². The zero-order valence-electron chi connectivity index (χ0n) is 21.6. The Balaban J connectivity index is 1.51. The minimum absolute atomic E-state index is 0.0293. The summed E-state index contributed by atoms with van der Waals surface area (Å²) >= 11 is 0. The molecule has 5 rings (SSSR count). The van der Waals surface area contributed by atoms with Crippen molar-refractivity contribution in [2.75, 3.05) is 12.9 Å². The molecule has 1 heterocycles. The highest BCUT2D eigenvalue weighted by atomic mass is 32.2. The number of benzene rings is 3. The highest BCUT2D eigenvalue weighted by Crippen LogP contribution is 2.48. The second kappa shape index (κ2) is 9.42. The van der Waals surface area contributed by atoms with Crippen molar-refractivity contribution in [1.82, 2.24) is 4.98 Å². The second-order valence-corrected chi connectivity index (χ2v) is 12.8. The molecule has 5 nitrogen and oxygen atoms in total. The Morgan fingerprint density at radius 3 is 2.41 bits per heavy atom. The lowest BCUT2D eigenvalue weighted by atomic mass is 9.92. The molecule has 1 aromatic heterocycles. The summed E-state index contributed by atoms with van der Waals surface area (Å²) in [6, 6.07) is 24.3. The van der Waals surface area contributed by atoms with Crippen LogP contribution in [-0.4, -0.2) is 32.2 Å². The zero-order valence-corrected chi connectivity index (χ0v) is 22.4. The molecule has 0 saturated heterocycles. The molecular weight excluding hydrogens is 482 g/mol. The van der Waals surface area contributed by atoms with Gasteiger partial charge in [-0.1, -0.05) is 48.5 Å². The number of fused-ring (bicyclic) bond motifs is 1. The first-order chi connectivity index (χ1) is 17.6. The fourth-order valence-electron chi connectivity index (χ4n) is 4.84. The summed E-state index contributed by atoms with van der Waals surface area (Å²) in [4.78, 5) is 16.7. The number of ether oxygens (including phenoxy) is 1. The molecule has 37 heavy (non-hydrogen) atoms. The van der Waals surface area contributed by atoms with E-state index in [-0.39, 0.29) is 17.8 Å². The van der Waals surface area contributed by atoms with E-state index in [9.17, 15) is 13.2 Å². The van der Waals surface area contributed by atoms with Gasteiger partial charge in [-0.15, -0.1) is 0 Å². The summed E-state index contributed by atoms with van der Waals surface area (Å²) in [5.74, 6) is 0.0996. The summed E-state index contributed by atoms with van der Waals surface area (Å²) < 4.78 is 29.3. The fourth-order valence-corrected chi connectivity index (χ4v) is 5.38. The van der Waals surface area contributed by atoms with Crippen molar-refractivity contribution in [1.29, 1.82) is 0 Å². The number of aromatic nitrogens is 1. The van der Waals surface area contributed by atoms with Crippen LogP contribution in [0.4, 0.5) is 0 Å². The van der Waals surface area contributed by atoms with Gasteiger partial charge in [-0.3, -0.25) is 9.78 Å². The molecule has 0 radical (unpaired) electrons. The van der Waals surface area contributed by atoms with Gasteiger partial charge in [0.15, 0.2) is 9.84 Å². The average molecular weight is 514 g/mol. The molecule has 0 amide bonds. The molecule has 0 aliphatic heterocycles. The number of carbonyl (C=O) groups excluding carboxylic acids is 1. The smallest absolute Gasteiger partial charge is 0.309 e. The lowest BCUT2D eigenvalue weighted by Gasteiger charge is -2.24. The van der Waals surface area contributed by atoms with Crippen molar-refractivity contribution in [3.8, 4) is 22.3 Å². The maximum absolute atomic E-state index is 12.6. The monoisotopic (exact) mass is 513 g/mol. The van der Waals surface area contributed by atoms with Crippen LogP contribution in [0.1, 0.15) is 44.2 Å². The lowest BCUT2D eigenvalue weighted by molar-refractivity contribution is -0.144. The summed E-state index contributed by atoms with van der Waals surface area (Å²) in [6.45, 7) is 5.73. The second-order valence-electron chi connectivity index (χ2n) is 10.3. The Hall–Kier alpha value is -3.51. The normalized spacial score (nSPS) is 17.5. The zero-order chi connectivity index (χ0) is 26.4. The molecule has 190 valence electrons. The van der Waals surface area contributed by atoms with Crippen LogP contribution in [0.15, 0.2) is 79.0 Å². The van der Waals surface area contributed by atoms with Crippen molar-refractivity contribution in [3.63, 3.8) is 0 Å². The van der Waals surface area contributed by atoms with Crippen LogP contribution >= 0.6 is 0 Å². The van der Waals surface area contributed by atoms with E-state index in [2.05, 4.69) is 41.4 Å².